The highest BCUT2D eigenvalue weighted by Crippen LogP contribution is 2.06. The zero-order chi connectivity index (χ0) is 8.10. The molecule has 11 heavy (non-hydrogen) atoms. The molecule has 1 rings (SSSR count). The Hall–Kier alpha value is 0.140. The van der Waals surface area contributed by atoms with Crippen LogP contribution in [0.15, 0.2) is 12.7 Å². The summed E-state index contributed by atoms with van der Waals surface area (Å²) in [5.74, 6) is 0. The largest absolute Gasteiger partial charge is 0.375 e. The van der Waals surface area contributed by atoms with Gasteiger partial charge in [0.1, 0.15) is 0 Å². The Kier molecular flexibility index (Phi) is 4.12. The van der Waals surface area contributed by atoms with Crippen LogP contribution in [0.1, 0.15) is 0 Å². The lowest BCUT2D eigenvalue weighted by Crippen LogP contribution is -2.43. The molecule has 1 heterocycles. The molecular weight excluding hydrogens is 206 g/mol. The summed E-state index contributed by atoms with van der Waals surface area (Å²) in [5, 5.41) is 0.931. The Morgan fingerprint density at radius 1 is 1.73 bits per heavy atom. The van der Waals surface area contributed by atoms with Crippen molar-refractivity contribution in [1.29, 1.82) is 0 Å². The number of nitrogens with zero attached hydrogens (tertiary/aromatic N) is 1. The van der Waals surface area contributed by atoms with E-state index in [1.165, 1.54) is 0 Å². The first-order chi connectivity index (χ1) is 5.36. The lowest BCUT2D eigenvalue weighted by atomic mass is 10.3. The van der Waals surface area contributed by atoms with Gasteiger partial charge in [0.2, 0.25) is 0 Å². The van der Waals surface area contributed by atoms with Crippen LogP contribution < -0.4 is 0 Å². The second-order valence-electron chi connectivity index (χ2n) is 2.70. The maximum Gasteiger partial charge on any atom is 0.0799 e. The molecule has 0 aromatic rings. The highest BCUT2D eigenvalue weighted by atomic mass is 79.9. The molecule has 1 aliphatic heterocycles. The van der Waals surface area contributed by atoms with E-state index in [-0.39, 0.29) is 0 Å². The zero-order valence-corrected chi connectivity index (χ0v) is 8.22. The maximum absolute atomic E-state index is 5.48. The summed E-state index contributed by atoms with van der Waals surface area (Å²) in [7, 11) is 0. The van der Waals surface area contributed by atoms with Crippen molar-refractivity contribution in [2.45, 2.75) is 6.10 Å². The van der Waals surface area contributed by atoms with Crippen LogP contribution in [0.5, 0.6) is 0 Å². The predicted molar refractivity (Wildman–Crippen MR) is 50.2 cm³/mol. The minimum absolute atomic E-state index is 0.365. The highest BCUT2D eigenvalue weighted by Gasteiger charge is 2.17. The average Bonchev–Trinajstić information content (AvgIpc) is 2.06. The zero-order valence-electron chi connectivity index (χ0n) is 6.63. The van der Waals surface area contributed by atoms with Gasteiger partial charge in [-0.25, -0.2) is 0 Å². The normalized spacial score (nSPS) is 26.8. The summed E-state index contributed by atoms with van der Waals surface area (Å²) in [4.78, 5) is 2.35. The van der Waals surface area contributed by atoms with Crippen molar-refractivity contribution in [1.82, 2.24) is 4.90 Å². The third-order valence-electron chi connectivity index (χ3n) is 1.78. The molecule has 1 fully saturated rings. The van der Waals surface area contributed by atoms with E-state index in [0.717, 1.165) is 31.6 Å². The molecule has 1 aliphatic rings. The Bertz CT molecular complexity index is 129. The number of morpholine rings is 1. The van der Waals surface area contributed by atoms with Gasteiger partial charge in [-0.1, -0.05) is 22.0 Å². The van der Waals surface area contributed by atoms with Crippen molar-refractivity contribution in [2.24, 2.45) is 0 Å². The predicted octanol–water partition coefficient (Wildman–Crippen LogP) is 1.27. The number of alkyl halides is 1. The number of rotatable bonds is 3. The van der Waals surface area contributed by atoms with Crippen molar-refractivity contribution >= 4 is 15.9 Å². The topological polar surface area (TPSA) is 12.5 Å². The van der Waals surface area contributed by atoms with Crippen LogP contribution in [0.2, 0.25) is 0 Å². The summed E-state index contributed by atoms with van der Waals surface area (Å²) in [6.45, 7) is 7.60. The van der Waals surface area contributed by atoms with Gasteiger partial charge in [-0.2, -0.15) is 0 Å². The van der Waals surface area contributed by atoms with Gasteiger partial charge in [0.15, 0.2) is 0 Å². The highest BCUT2D eigenvalue weighted by molar-refractivity contribution is 9.09. The van der Waals surface area contributed by atoms with Crippen molar-refractivity contribution in [2.75, 3.05) is 31.6 Å². The Labute approximate surface area is 76.3 Å². The van der Waals surface area contributed by atoms with E-state index in [0.29, 0.717) is 6.10 Å². The van der Waals surface area contributed by atoms with Crippen LogP contribution in [-0.4, -0.2) is 42.6 Å². The Morgan fingerprint density at radius 3 is 3.18 bits per heavy atom. The van der Waals surface area contributed by atoms with Crippen LogP contribution in [0, 0.1) is 0 Å². The van der Waals surface area contributed by atoms with Gasteiger partial charge in [0, 0.05) is 25.0 Å². The second kappa shape index (κ2) is 4.91. The minimum Gasteiger partial charge on any atom is -0.375 e. The number of halogens is 1. The summed E-state index contributed by atoms with van der Waals surface area (Å²) < 4.78 is 5.48. The molecule has 0 amide bonds. The maximum atomic E-state index is 5.48. The number of ether oxygens (including phenoxy) is 1. The molecular formula is C8H14BrNO. The average molecular weight is 220 g/mol. The molecule has 2 nitrogen and oxygen atoms in total. The third-order valence-corrected chi connectivity index (χ3v) is 2.50. The molecule has 64 valence electrons. The SMILES string of the molecule is C=CCN1CCOC(CBr)C1. The van der Waals surface area contributed by atoms with Crippen LogP contribution in [0.25, 0.3) is 0 Å². The molecule has 0 aromatic carbocycles. The third kappa shape index (κ3) is 2.93. The molecule has 0 radical (unpaired) electrons. The van der Waals surface area contributed by atoms with Crippen LogP contribution in [0.4, 0.5) is 0 Å². The fraction of sp³-hybridized carbons (Fsp3) is 0.750. The lowest BCUT2D eigenvalue weighted by Gasteiger charge is -2.31. The number of hydrogen-bond donors (Lipinski definition) is 0. The molecule has 0 bridgehead atoms. The van der Waals surface area contributed by atoms with E-state index in [2.05, 4.69) is 27.4 Å². The molecule has 1 unspecified atom stereocenters. The van der Waals surface area contributed by atoms with Crippen LogP contribution in [-0.2, 0) is 4.74 Å². The minimum atomic E-state index is 0.365. The molecule has 3 heteroatoms. The van der Waals surface area contributed by atoms with Gasteiger partial charge >= 0.3 is 0 Å². The Morgan fingerprint density at radius 2 is 2.55 bits per heavy atom. The molecule has 1 atom stereocenters. The second-order valence-corrected chi connectivity index (χ2v) is 3.34. The van der Waals surface area contributed by atoms with Gasteiger partial charge in [-0.05, 0) is 0 Å². The first-order valence-corrected chi connectivity index (χ1v) is 4.99. The smallest absolute Gasteiger partial charge is 0.0799 e. The van der Waals surface area contributed by atoms with Crippen molar-refractivity contribution in [3.8, 4) is 0 Å². The molecule has 0 N–H and O–H groups in total. The summed E-state index contributed by atoms with van der Waals surface area (Å²) in [6, 6.07) is 0. The monoisotopic (exact) mass is 219 g/mol. The standard InChI is InChI=1S/C8H14BrNO/c1-2-3-10-4-5-11-8(6-9)7-10/h2,8H,1,3-7H2. The fourth-order valence-electron chi connectivity index (χ4n) is 1.22. The summed E-state index contributed by atoms with van der Waals surface area (Å²) >= 11 is 3.41. The summed E-state index contributed by atoms with van der Waals surface area (Å²) in [5.41, 5.74) is 0. The Balaban J connectivity index is 2.27. The van der Waals surface area contributed by atoms with Gasteiger partial charge in [-0.3, -0.25) is 4.90 Å². The number of hydrogen-bond acceptors (Lipinski definition) is 2. The van der Waals surface area contributed by atoms with E-state index < -0.39 is 0 Å². The van der Waals surface area contributed by atoms with Crippen molar-refractivity contribution in [3.63, 3.8) is 0 Å². The summed E-state index contributed by atoms with van der Waals surface area (Å²) in [6.07, 6.45) is 2.31. The van der Waals surface area contributed by atoms with E-state index >= 15 is 0 Å². The molecule has 0 aliphatic carbocycles. The molecule has 0 aromatic heterocycles. The van der Waals surface area contributed by atoms with E-state index in [4.69, 9.17) is 4.74 Å². The van der Waals surface area contributed by atoms with Crippen LogP contribution in [0.3, 0.4) is 0 Å². The van der Waals surface area contributed by atoms with Crippen molar-refractivity contribution in [3.05, 3.63) is 12.7 Å². The van der Waals surface area contributed by atoms with E-state index in [9.17, 15) is 0 Å². The van der Waals surface area contributed by atoms with Crippen LogP contribution >= 0.6 is 15.9 Å². The van der Waals surface area contributed by atoms with Gasteiger partial charge in [-0.15, -0.1) is 6.58 Å². The van der Waals surface area contributed by atoms with Crippen molar-refractivity contribution < 1.29 is 4.74 Å². The van der Waals surface area contributed by atoms with E-state index in [1.54, 1.807) is 0 Å². The van der Waals surface area contributed by atoms with Gasteiger partial charge in [0.25, 0.3) is 0 Å². The first-order valence-electron chi connectivity index (χ1n) is 3.87. The molecule has 0 saturated carbocycles. The molecule has 0 spiro atoms. The van der Waals surface area contributed by atoms with Gasteiger partial charge in [0.05, 0.1) is 12.7 Å². The fourth-order valence-corrected chi connectivity index (χ4v) is 1.61. The van der Waals surface area contributed by atoms with Gasteiger partial charge < -0.3 is 4.74 Å². The quantitative estimate of drug-likeness (QED) is 0.524. The first kappa shape index (κ1) is 9.23. The molecule has 1 saturated heterocycles. The van der Waals surface area contributed by atoms with E-state index in [1.807, 2.05) is 6.08 Å². The lowest BCUT2D eigenvalue weighted by molar-refractivity contribution is -0.0108.